The molecular weight excluding hydrogens is 486 g/mol. The van der Waals surface area contributed by atoms with Gasteiger partial charge in [0.25, 0.3) is 11.8 Å². The minimum atomic E-state index is -1.14. The number of hydrogen-bond donors (Lipinski definition) is 2. The van der Waals surface area contributed by atoms with Crippen LogP contribution in [-0.4, -0.2) is 65.0 Å². The molecule has 39 heavy (non-hydrogen) atoms. The molecule has 6 heteroatoms. The first-order valence-electron chi connectivity index (χ1n) is 15.2. The first kappa shape index (κ1) is 26.5. The number of benzene rings is 2. The minimum absolute atomic E-state index is 0.00161. The van der Waals surface area contributed by atoms with Crippen LogP contribution in [0.1, 0.15) is 92.6 Å². The van der Waals surface area contributed by atoms with Crippen LogP contribution in [0.5, 0.6) is 0 Å². The predicted molar refractivity (Wildman–Crippen MR) is 153 cm³/mol. The summed E-state index contributed by atoms with van der Waals surface area (Å²) in [4.78, 5) is 29.0. The summed E-state index contributed by atoms with van der Waals surface area (Å²) in [5.41, 5.74) is 3.64. The number of amides is 2. The summed E-state index contributed by atoms with van der Waals surface area (Å²) in [7, 11) is 0. The van der Waals surface area contributed by atoms with Gasteiger partial charge in [-0.05, 0) is 72.9 Å². The van der Waals surface area contributed by atoms with Crippen molar-refractivity contribution >= 4 is 11.8 Å². The van der Waals surface area contributed by atoms with E-state index in [0.717, 1.165) is 12.1 Å². The van der Waals surface area contributed by atoms with Crippen LogP contribution in [0.3, 0.4) is 0 Å². The summed E-state index contributed by atoms with van der Waals surface area (Å²) in [5, 5.41) is 14.0. The van der Waals surface area contributed by atoms with Gasteiger partial charge in [-0.15, -0.1) is 0 Å². The van der Waals surface area contributed by atoms with Crippen molar-refractivity contribution in [3.05, 3.63) is 59.7 Å². The topological polar surface area (TPSA) is 72.9 Å². The lowest BCUT2D eigenvalue weighted by Gasteiger charge is -2.36. The molecule has 1 unspecified atom stereocenters. The second kappa shape index (κ2) is 11.1. The molecule has 2 aliphatic carbocycles. The Bertz CT molecular complexity index is 1150. The predicted octanol–water partition coefficient (Wildman–Crippen LogP) is 5.32. The van der Waals surface area contributed by atoms with E-state index in [4.69, 9.17) is 0 Å². The van der Waals surface area contributed by atoms with Crippen molar-refractivity contribution in [1.29, 1.82) is 0 Å². The number of nitrogens with zero attached hydrogens (tertiary/aromatic N) is 2. The van der Waals surface area contributed by atoms with Gasteiger partial charge in [0.1, 0.15) is 5.60 Å². The fourth-order valence-corrected chi connectivity index (χ4v) is 7.22. The molecule has 2 amide bonds. The van der Waals surface area contributed by atoms with E-state index in [-0.39, 0.29) is 11.8 Å². The molecule has 6 rings (SSSR count). The van der Waals surface area contributed by atoms with E-state index >= 15 is 0 Å². The fraction of sp³-hybridized carbons (Fsp3) is 0.576. The Labute approximate surface area is 232 Å². The Morgan fingerprint density at radius 1 is 0.692 bits per heavy atom. The second-order valence-corrected chi connectivity index (χ2v) is 12.4. The largest absolute Gasteiger partial charge is 0.380 e. The summed E-state index contributed by atoms with van der Waals surface area (Å²) in [5.74, 6) is -0.175. The van der Waals surface area contributed by atoms with Crippen LogP contribution in [0, 0.1) is 5.41 Å². The minimum Gasteiger partial charge on any atom is -0.380 e. The summed E-state index contributed by atoms with van der Waals surface area (Å²) in [6.07, 6.45) is 13.4. The van der Waals surface area contributed by atoms with Gasteiger partial charge in [0, 0.05) is 37.8 Å². The number of nitrogens with one attached hydrogen (secondary N) is 1. The molecule has 2 N–H and O–H groups in total. The Morgan fingerprint density at radius 2 is 1.23 bits per heavy atom. The lowest BCUT2D eigenvalue weighted by Crippen LogP contribution is -2.53. The Hall–Kier alpha value is -2.70. The van der Waals surface area contributed by atoms with Crippen molar-refractivity contribution in [3.63, 3.8) is 0 Å². The molecule has 0 aromatic heterocycles. The van der Waals surface area contributed by atoms with Gasteiger partial charge in [-0.1, -0.05) is 74.9 Å². The molecule has 4 aliphatic rings. The van der Waals surface area contributed by atoms with E-state index in [1.54, 1.807) is 4.90 Å². The van der Waals surface area contributed by atoms with E-state index in [9.17, 15) is 14.7 Å². The molecular formula is C33H43N3O3. The summed E-state index contributed by atoms with van der Waals surface area (Å²) in [6.45, 7) is 3.08. The molecule has 1 atom stereocenters. The molecule has 2 aromatic carbocycles. The highest BCUT2D eigenvalue weighted by atomic mass is 16.3. The first-order chi connectivity index (χ1) is 19.0. The zero-order valence-electron chi connectivity index (χ0n) is 23.2. The number of carbonyl (C=O) groups excluding carboxylic acids is 2. The normalized spacial score (nSPS) is 24.6. The van der Waals surface area contributed by atoms with Gasteiger partial charge in [0.05, 0.1) is 0 Å². The highest BCUT2D eigenvalue weighted by Gasteiger charge is 2.50. The van der Waals surface area contributed by atoms with E-state index in [0.29, 0.717) is 56.0 Å². The van der Waals surface area contributed by atoms with Gasteiger partial charge in [-0.2, -0.15) is 0 Å². The summed E-state index contributed by atoms with van der Waals surface area (Å²) in [6, 6.07) is 17.5. The molecule has 0 radical (unpaired) electrons. The Balaban J connectivity index is 1.08. The van der Waals surface area contributed by atoms with Crippen molar-refractivity contribution in [2.24, 2.45) is 5.41 Å². The van der Waals surface area contributed by atoms with Gasteiger partial charge in [0.15, 0.2) is 0 Å². The van der Waals surface area contributed by atoms with Crippen LogP contribution in [0.15, 0.2) is 48.5 Å². The van der Waals surface area contributed by atoms with Crippen LogP contribution in [-0.2, 0) is 4.79 Å². The molecule has 6 nitrogen and oxygen atoms in total. The number of hydrogen-bond acceptors (Lipinski definition) is 4. The van der Waals surface area contributed by atoms with Gasteiger partial charge >= 0.3 is 0 Å². The van der Waals surface area contributed by atoms with Gasteiger partial charge in [0.2, 0.25) is 0 Å². The van der Waals surface area contributed by atoms with Crippen molar-refractivity contribution in [2.75, 3.05) is 32.7 Å². The van der Waals surface area contributed by atoms with Crippen LogP contribution in [0.4, 0.5) is 0 Å². The smallest absolute Gasteiger partial charge is 0.254 e. The van der Waals surface area contributed by atoms with Gasteiger partial charge in [-0.25, -0.2) is 0 Å². The van der Waals surface area contributed by atoms with Gasteiger partial charge < -0.3 is 20.2 Å². The molecule has 4 fully saturated rings. The van der Waals surface area contributed by atoms with Crippen LogP contribution >= 0.6 is 0 Å². The maximum atomic E-state index is 13.1. The second-order valence-electron chi connectivity index (χ2n) is 12.4. The highest BCUT2D eigenvalue weighted by molar-refractivity contribution is 5.95. The highest BCUT2D eigenvalue weighted by Crippen LogP contribution is 2.50. The monoisotopic (exact) mass is 529 g/mol. The SMILES string of the molecule is O=C(c1ccc(-c2ccc(C3NCCC34CCCCCCCC4)cc2)cc1)N1CCN(C(=O)C2(O)CC2)CC1. The van der Waals surface area contributed by atoms with Crippen LogP contribution in [0.2, 0.25) is 0 Å². The Morgan fingerprint density at radius 3 is 1.82 bits per heavy atom. The summed E-state index contributed by atoms with van der Waals surface area (Å²) < 4.78 is 0. The third kappa shape index (κ3) is 5.51. The van der Waals surface area contributed by atoms with E-state index in [1.807, 2.05) is 29.2 Å². The average molecular weight is 530 g/mol. The molecule has 208 valence electrons. The maximum Gasteiger partial charge on any atom is 0.254 e. The van der Waals surface area contributed by atoms with Crippen molar-refractivity contribution < 1.29 is 14.7 Å². The molecule has 0 bridgehead atoms. The zero-order chi connectivity index (χ0) is 26.9. The number of rotatable bonds is 4. The number of aliphatic hydroxyl groups is 1. The van der Waals surface area contributed by atoms with Gasteiger partial charge in [-0.3, -0.25) is 9.59 Å². The summed E-state index contributed by atoms with van der Waals surface area (Å²) >= 11 is 0. The van der Waals surface area contributed by atoms with Crippen LogP contribution in [0.25, 0.3) is 11.1 Å². The Kier molecular flexibility index (Phi) is 7.52. The number of carbonyl (C=O) groups is 2. The van der Waals surface area contributed by atoms with E-state index in [1.165, 1.54) is 68.9 Å². The maximum absolute atomic E-state index is 13.1. The van der Waals surface area contributed by atoms with Crippen molar-refractivity contribution in [1.82, 2.24) is 15.1 Å². The van der Waals surface area contributed by atoms with E-state index in [2.05, 4.69) is 29.6 Å². The van der Waals surface area contributed by atoms with Crippen molar-refractivity contribution in [3.8, 4) is 11.1 Å². The van der Waals surface area contributed by atoms with Crippen molar-refractivity contribution in [2.45, 2.75) is 82.3 Å². The first-order valence-corrected chi connectivity index (χ1v) is 15.2. The lowest BCUT2D eigenvalue weighted by molar-refractivity contribution is -0.143. The zero-order valence-corrected chi connectivity index (χ0v) is 23.2. The average Bonchev–Trinajstić information content (AvgIpc) is 3.57. The molecule has 2 saturated heterocycles. The third-order valence-corrected chi connectivity index (χ3v) is 9.87. The molecule has 2 heterocycles. The van der Waals surface area contributed by atoms with E-state index < -0.39 is 5.60 Å². The van der Waals surface area contributed by atoms with Crippen LogP contribution < -0.4 is 5.32 Å². The fourth-order valence-electron chi connectivity index (χ4n) is 7.22. The quantitative estimate of drug-likeness (QED) is 0.563. The standard InChI is InChI=1S/C33H43N3O3/c37-30(35-21-23-36(24-22-35)31(38)33(39)17-18-33)28-13-9-26(10-14-28)25-7-11-27(12-8-25)29-32(19-20-34-29)15-5-3-1-2-4-6-16-32/h7-14,29,34,39H,1-6,15-24H2. The molecule has 2 saturated carbocycles. The molecule has 1 spiro atoms. The molecule has 2 aromatic rings. The lowest BCUT2D eigenvalue weighted by atomic mass is 9.70. The number of piperazine rings is 1. The molecule has 2 aliphatic heterocycles. The third-order valence-electron chi connectivity index (χ3n) is 9.87.